The first-order valence-corrected chi connectivity index (χ1v) is 7.64. The third kappa shape index (κ3) is 5.19. The van der Waals surface area contributed by atoms with Gasteiger partial charge in [0.05, 0.1) is 13.2 Å². The van der Waals surface area contributed by atoms with Crippen LogP contribution in [0.2, 0.25) is 0 Å². The summed E-state index contributed by atoms with van der Waals surface area (Å²) in [5.74, 6) is 0.918. The lowest BCUT2D eigenvalue weighted by atomic mass is 9.89. The van der Waals surface area contributed by atoms with Crippen molar-refractivity contribution < 1.29 is 4.74 Å². The second-order valence-corrected chi connectivity index (χ2v) is 5.87. The summed E-state index contributed by atoms with van der Waals surface area (Å²) in [5, 5.41) is 5.61. The van der Waals surface area contributed by atoms with E-state index in [1.165, 1.54) is 43.5 Å². The smallest absolute Gasteiger partial charge is 0.0809 e. The molecule has 1 aromatic heterocycles. The van der Waals surface area contributed by atoms with Gasteiger partial charge < -0.3 is 10.1 Å². The summed E-state index contributed by atoms with van der Waals surface area (Å²) in [6.45, 7) is 3.76. The van der Waals surface area contributed by atoms with E-state index in [0.717, 1.165) is 25.7 Å². The molecule has 96 valence electrons. The van der Waals surface area contributed by atoms with E-state index in [-0.39, 0.29) is 0 Å². The molecule has 0 radical (unpaired) electrons. The topological polar surface area (TPSA) is 21.3 Å². The molecule has 0 aliphatic heterocycles. The van der Waals surface area contributed by atoms with Crippen LogP contribution in [0.5, 0.6) is 0 Å². The summed E-state index contributed by atoms with van der Waals surface area (Å²) in [6.07, 6.45) is 7.15. The zero-order valence-corrected chi connectivity index (χ0v) is 11.3. The van der Waals surface area contributed by atoms with Crippen molar-refractivity contribution in [1.29, 1.82) is 0 Å². The monoisotopic (exact) mass is 253 g/mol. The first-order chi connectivity index (χ1) is 8.45. The third-order valence-corrected chi connectivity index (χ3v) is 4.26. The predicted molar refractivity (Wildman–Crippen MR) is 73.4 cm³/mol. The van der Waals surface area contributed by atoms with Crippen molar-refractivity contribution in [3.63, 3.8) is 0 Å². The van der Waals surface area contributed by atoms with Crippen LogP contribution in [-0.2, 0) is 11.3 Å². The van der Waals surface area contributed by atoms with Gasteiger partial charge in [0.1, 0.15) is 0 Å². The molecule has 1 aliphatic rings. The molecule has 2 rings (SSSR count). The van der Waals surface area contributed by atoms with Crippen LogP contribution in [-0.4, -0.2) is 19.7 Å². The summed E-state index contributed by atoms with van der Waals surface area (Å²) < 4.78 is 5.62. The minimum atomic E-state index is 0.767. The number of hydrogen-bond donors (Lipinski definition) is 1. The van der Waals surface area contributed by atoms with Gasteiger partial charge in [0, 0.05) is 11.4 Å². The Morgan fingerprint density at radius 2 is 2.18 bits per heavy atom. The largest absolute Gasteiger partial charge is 0.375 e. The second-order valence-electron chi connectivity index (χ2n) is 4.84. The van der Waals surface area contributed by atoms with Crippen LogP contribution in [0.4, 0.5) is 0 Å². The average Bonchev–Trinajstić information content (AvgIpc) is 2.88. The van der Waals surface area contributed by atoms with Gasteiger partial charge in [-0.2, -0.15) is 0 Å². The van der Waals surface area contributed by atoms with E-state index in [9.17, 15) is 0 Å². The van der Waals surface area contributed by atoms with Crippen LogP contribution >= 0.6 is 11.3 Å². The van der Waals surface area contributed by atoms with E-state index >= 15 is 0 Å². The lowest BCUT2D eigenvalue weighted by molar-refractivity contribution is 0.123. The summed E-state index contributed by atoms with van der Waals surface area (Å²) >= 11 is 1.76. The summed E-state index contributed by atoms with van der Waals surface area (Å²) in [6, 6.07) is 4.20. The third-order valence-electron chi connectivity index (χ3n) is 3.41. The van der Waals surface area contributed by atoms with Gasteiger partial charge in [-0.15, -0.1) is 11.3 Å². The highest BCUT2D eigenvalue weighted by Crippen LogP contribution is 2.22. The van der Waals surface area contributed by atoms with Gasteiger partial charge in [0.2, 0.25) is 0 Å². The molecule has 0 unspecified atom stereocenters. The zero-order chi connectivity index (χ0) is 11.8. The normalized spacial score (nSPS) is 17.4. The maximum Gasteiger partial charge on any atom is 0.0809 e. The molecule has 1 N–H and O–H groups in total. The van der Waals surface area contributed by atoms with Gasteiger partial charge in [-0.3, -0.25) is 0 Å². The van der Waals surface area contributed by atoms with E-state index in [2.05, 4.69) is 22.8 Å². The minimum Gasteiger partial charge on any atom is -0.375 e. The number of hydrogen-bond acceptors (Lipinski definition) is 3. The fourth-order valence-electron chi connectivity index (χ4n) is 2.41. The molecule has 0 amide bonds. The molecule has 0 spiro atoms. The van der Waals surface area contributed by atoms with Crippen molar-refractivity contribution in [1.82, 2.24) is 5.32 Å². The molecule has 0 saturated heterocycles. The lowest BCUT2D eigenvalue weighted by Gasteiger charge is -2.21. The molecule has 2 nitrogen and oxygen atoms in total. The predicted octanol–water partition coefficient (Wildman–Crippen LogP) is 3.43. The first kappa shape index (κ1) is 13.1. The molecule has 1 fully saturated rings. The van der Waals surface area contributed by atoms with Crippen molar-refractivity contribution in [2.24, 2.45) is 5.92 Å². The molecule has 3 heteroatoms. The number of rotatable bonds is 7. The van der Waals surface area contributed by atoms with Gasteiger partial charge >= 0.3 is 0 Å². The SMILES string of the molecule is c1csc(COCCNCC2CCCCC2)c1. The zero-order valence-electron chi connectivity index (χ0n) is 10.5. The molecule has 1 aliphatic carbocycles. The van der Waals surface area contributed by atoms with Crippen molar-refractivity contribution >= 4 is 11.3 Å². The molecule has 1 saturated carbocycles. The van der Waals surface area contributed by atoms with Crippen LogP contribution in [0.3, 0.4) is 0 Å². The Kier molecular flexibility index (Phi) is 6.03. The van der Waals surface area contributed by atoms with Crippen LogP contribution in [0, 0.1) is 5.92 Å². The fourth-order valence-corrected chi connectivity index (χ4v) is 3.05. The quantitative estimate of drug-likeness (QED) is 0.752. The standard InChI is InChI=1S/C14H23NOS/c1-2-5-13(6-3-1)11-15-8-9-16-12-14-7-4-10-17-14/h4,7,10,13,15H,1-3,5-6,8-9,11-12H2. The molecule has 0 atom stereocenters. The maximum atomic E-state index is 5.62. The summed E-state index contributed by atoms with van der Waals surface area (Å²) in [4.78, 5) is 1.32. The molecular formula is C14H23NOS. The molecular weight excluding hydrogens is 230 g/mol. The van der Waals surface area contributed by atoms with Gasteiger partial charge in [0.15, 0.2) is 0 Å². The lowest BCUT2D eigenvalue weighted by Crippen LogP contribution is -2.27. The van der Waals surface area contributed by atoms with Crippen molar-refractivity contribution in [3.8, 4) is 0 Å². The van der Waals surface area contributed by atoms with Crippen molar-refractivity contribution in [2.45, 2.75) is 38.7 Å². The van der Waals surface area contributed by atoms with E-state index < -0.39 is 0 Å². The number of nitrogens with one attached hydrogen (secondary N) is 1. The van der Waals surface area contributed by atoms with Gasteiger partial charge in [-0.1, -0.05) is 25.3 Å². The number of ether oxygens (including phenoxy) is 1. The Morgan fingerprint density at radius 3 is 2.94 bits per heavy atom. The fraction of sp³-hybridized carbons (Fsp3) is 0.714. The highest BCUT2D eigenvalue weighted by molar-refractivity contribution is 7.09. The molecule has 1 heterocycles. The first-order valence-electron chi connectivity index (χ1n) is 6.76. The maximum absolute atomic E-state index is 5.62. The van der Waals surface area contributed by atoms with Crippen LogP contribution < -0.4 is 5.32 Å². The van der Waals surface area contributed by atoms with E-state index in [1.54, 1.807) is 11.3 Å². The number of thiophene rings is 1. The summed E-state index contributed by atoms with van der Waals surface area (Å²) in [7, 11) is 0. The second kappa shape index (κ2) is 7.85. The highest BCUT2D eigenvalue weighted by atomic mass is 32.1. The van der Waals surface area contributed by atoms with Crippen LogP contribution in [0.1, 0.15) is 37.0 Å². The van der Waals surface area contributed by atoms with Gasteiger partial charge in [-0.05, 0) is 36.8 Å². The van der Waals surface area contributed by atoms with Crippen molar-refractivity contribution in [2.75, 3.05) is 19.7 Å². The molecule has 0 bridgehead atoms. The van der Waals surface area contributed by atoms with E-state index in [0.29, 0.717) is 0 Å². The Balaban J connectivity index is 1.43. The van der Waals surface area contributed by atoms with E-state index in [1.807, 2.05) is 0 Å². The molecule has 0 aromatic carbocycles. The van der Waals surface area contributed by atoms with Gasteiger partial charge in [-0.25, -0.2) is 0 Å². The van der Waals surface area contributed by atoms with Crippen molar-refractivity contribution in [3.05, 3.63) is 22.4 Å². The van der Waals surface area contributed by atoms with Crippen LogP contribution in [0.25, 0.3) is 0 Å². The Labute approximate surface area is 108 Å². The van der Waals surface area contributed by atoms with E-state index in [4.69, 9.17) is 4.74 Å². The van der Waals surface area contributed by atoms with Gasteiger partial charge in [0.25, 0.3) is 0 Å². The summed E-state index contributed by atoms with van der Waals surface area (Å²) in [5.41, 5.74) is 0. The average molecular weight is 253 g/mol. The van der Waals surface area contributed by atoms with Crippen LogP contribution in [0.15, 0.2) is 17.5 Å². The molecule has 1 aromatic rings. The molecule has 17 heavy (non-hydrogen) atoms. The Bertz CT molecular complexity index is 280. The Morgan fingerprint density at radius 1 is 1.29 bits per heavy atom. The minimum absolute atomic E-state index is 0.767. The highest BCUT2D eigenvalue weighted by Gasteiger charge is 2.12. The Hall–Kier alpha value is -0.380.